The Hall–Kier alpha value is -1.54. The first-order valence-corrected chi connectivity index (χ1v) is 8.15. The summed E-state index contributed by atoms with van der Waals surface area (Å²) in [6.45, 7) is 2.48. The molecule has 2 heterocycles. The summed E-state index contributed by atoms with van der Waals surface area (Å²) >= 11 is 1.17. The highest BCUT2D eigenvalue weighted by atomic mass is 32.2. The van der Waals surface area contributed by atoms with Gasteiger partial charge in [0.2, 0.25) is 0 Å². The van der Waals surface area contributed by atoms with Crippen molar-refractivity contribution in [3.05, 3.63) is 11.4 Å². The van der Waals surface area contributed by atoms with Crippen LogP contribution in [0.3, 0.4) is 0 Å². The number of amides is 1. The number of rotatable bonds is 3. The molecule has 1 aliphatic rings. The molecule has 0 spiro atoms. The summed E-state index contributed by atoms with van der Waals surface area (Å²) in [5, 5.41) is 14.7. The van der Waals surface area contributed by atoms with Gasteiger partial charge in [-0.05, 0) is 31.9 Å². The van der Waals surface area contributed by atoms with Crippen LogP contribution in [-0.4, -0.2) is 38.8 Å². The highest BCUT2D eigenvalue weighted by Gasteiger charge is 2.28. The Kier molecular flexibility index (Phi) is 5.24. The average Bonchev–Trinajstić information content (AvgIpc) is 2.84. The Morgan fingerprint density at radius 2 is 2.38 bits per heavy atom. The Labute approximate surface area is 127 Å². The van der Waals surface area contributed by atoms with E-state index in [4.69, 9.17) is 10.5 Å². The van der Waals surface area contributed by atoms with E-state index in [-0.39, 0.29) is 22.8 Å². The lowest BCUT2D eigenvalue weighted by Gasteiger charge is -2.23. The van der Waals surface area contributed by atoms with Crippen LogP contribution in [0.2, 0.25) is 0 Å². The number of aliphatic imine (C=N–C) groups is 1. The lowest BCUT2D eigenvalue weighted by Crippen LogP contribution is -2.23. The van der Waals surface area contributed by atoms with Gasteiger partial charge in [0.25, 0.3) is 0 Å². The van der Waals surface area contributed by atoms with Crippen LogP contribution in [0.15, 0.2) is 4.99 Å². The summed E-state index contributed by atoms with van der Waals surface area (Å²) in [4.78, 5) is 16.0. The van der Waals surface area contributed by atoms with Crippen molar-refractivity contribution in [2.24, 2.45) is 10.7 Å². The summed E-state index contributed by atoms with van der Waals surface area (Å²) in [5.74, 6) is -0.727. The number of nitrogens with zero attached hydrogens (tertiary/aromatic N) is 3. The van der Waals surface area contributed by atoms with Gasteiger partial charge in [-0.15, -0.1) is 0 Å². The molecule has 0 bridgehead atoms. The number of hydrogen-bond acceptors (Lipinski definition) is 5. The average molecular weight is 312 g/mol. The topological polar surface area (TPSA) is 103 Å². The molecule has 21 heavy (non-hydrogen) atoms. The summed E-state index contributed by atoms with van der Waals surface area (Å²) in [7, 11) is 0. The number of nitrogens with two attached hydrogens (primary N) is 1. The standard InChI is InChI=1S/C13H20N4O3S/c1-3-8-11(18)10(12(19)15-13(14)21-2)17(16-8)9-6-4-5-7-20-9/h9,18H,3-7H2,1-2H3,(H2,14,15,19). The molecule has 7 nitrogen and oxygen atoms in total. The minimum absolute atomic E-state index is 0.0516. The molecule has 0 radical (unpaired) electrons. The number of thioether (sulfide) groups is 1. The van der Waals surface area contributed by atoms with Gasteiger partial charge < -0.3 is 15.6 Å². The van der Waals surface area contributed by atoms with E-state index in [0.717, 1.165) is 19.3 Å². The van der Waals surface area contributed by atoms with Crippen molar-refractivity contribution in [1.29, 1.82) is 0 Å². The fourth-order valence-corrected chi connectivity index (χ4v) is 2.41. The van der Waals surface area contributed by atoms with E-state index in [1.54, 1.807) is 6.26 Å². The van der Waals surface area contributed by atoms with Crippen LogP contribution < -0.4 is 5.73 Å². The molecule has 3 N–H and O–H groups in total. The molecular weight excluding hydrogens is 292 g/mol. The number of carbonyl (C=O) groups is 1. The third-order valence-corrected chi connectivity index (χ3v) is 3.85. The number of amidine groups is 1. The molecule has 2 rings (SSSR count). The molecule has 1 fully saturated rings. The predicted octanol–water partition coefficient (Wildman–Crippen LogP) is 1.67. The maximum absolute atomic E-state index is 12.3. The fourth-order valence-electron chi connectivity index (χ4n) is 2.23. The SMILES string of the molecule is CCc1nn(C2CCCCO2)c(C(=O)N=C(N)SC)c1O. The first kappa shape index (κ1) is 15.8. The summed E-state index contributed by atoms with van der Waals surface area (Å²) in [6, 6.07) is 0. The molecule has 1 saturated heterocycles. The normalized spacial score (nSPS) is 19.7. The number of aromatic nitrogens is 2. The number of ether oxygens (including phenoxy) is 1. The molecule has 8 heteroatoms. The zero-order valence-electron chi connectivity index (χ0n) is 12.2. The number of aromatic hydroxyl groups is 1. The Morgan fingerprint density at radius 3 is 2.95 bits per heavy atom. The number of hydrogen-bond donors (Lipinski definition) is 2. The van der Waals surface area contributed by atoms with Crippen LogP contribution in [0, 0.1) is 0 Å². The van der Waals surface area contributed by atoms with Crippen molar-refractivity contribution in [3.63, 3.8) is 0 Å². The molecule has 1 amide bonds. The third-order valence-electron chi connectivity index (χ3n) is 3.34. The third kappa shape index (κ3) is 3.38. The second-order valence-electron chi connectivity index (χ2n) is 4.72. The zero-order valence-corrected chi connectivity index (χ0v) is 13.0. The maximum Gasteiger partial charge on any atom is 0.301 e. The lowest BCUT2D eigenvalue weighted by atomic mass is 10.2. The molecule has 0 aliphatic carbocycles. The molecule has 0 aromatic carbocycles. The number of carbonyl (C=O) groups excluding carboxylic acids is 1. The maximum atomic E-state index is 12.3. The molecule has 116 valence electrons. The largest absolute Gasteiger partial charge is 0.504 e. The monoisotopic (exact) mass is 312 g/mol. The first-order valence-electron chi connectivity index (χ1n) is 6.92. The van der Waals surface area contributed by atoms with Crippen LogP contribution in [0.4, 0.5) is 0 Å². The Bertz CT molecular complexity index is 550. The van der Waals surface area contributed by atoms with Gasteiger partial charge in [-0.2, -0.15) is 10.1 Å². The number of aryl methyl sites for hydroxylation is 1. The quantitative estimate of drug-likeness (QED) is 0.650. The van der Waals surface area contributed by atoms with Gasteiger partial charge in [0, 0.05) is 6.61 Å². The second kappa shape index (κ2) is 6.95. The van der Waals surface area contributed by atoms with Gasteiger partial charge in [0.1, 0.15) is 5.69 Å². The molecule has 1 atom stereocenters. The zero-order chi connectivity index (χ0) is 15.4. The van der Waals surface area contributed by atoms with E-state index in [2.05, 4.69) is 10.1 Å². The molecule has 1 aliphatic heterocycles. The van der Waals surface area contributed by atoms with Crippen molar-refractivity contribution < 1.29 is 14.6 Å². The van der Waals surface area contributed by atoms with Crippen LogP contribution in [0.1, 0.15) is 48.6 Å². The van der Waals surface area contributed by atoms with Gasteiger partial charge in [-0.1, -0.05) is 18.7 Å². The van der Waals surface area contributed by atoms with Gasteiger partial charge in [0.05, 0.1) is 0 Å². The van der Waals surface area contributed by atoms with E-state index >= 15 is 0 Å². The molecule has 1 aromatic heterocycles. The summed E-state index contributed by atoms with van der Waals surface area (Å²) in [5.41, 5.74) is 6.09. The molecule has 0 saturated carbocycles. The first-order chi connectivity index (χ1) is 10.1. The van der Waals surface area contributed by atoms with E-state index in [1.165, 1.54) is 16.4 Å². The van der Waals surface area contributed by atoms with Crippen LogP contribution in [-0.2, 0) is 11.2 Å². The van der Waals surface area contributed by atoms with Gasteiger partial charge in [0.15, 0.2) is 22.8 Å². The van der Waals surface area contributed by atoms with E-state index in [1.807, 2.05) is 6.92 Å². The van der Waals surface area contributed by atoms with Crippen molar-refractivity contribution in [3.8, 4) is 5.75 Å². The van der Waals surface area contributed by atoms with Crippen molar-refractivity contribution in [1.82, 2.24) is 9.78 Å². The van der Waals surface area contributed by atoms with Crippen LogP contribution in [0.5, 0.6) is 5.75 Å². The second-order valence-corrected chi connectivity index (χ2v) is 5.55. The van der Waals surface area contributed by atoms with E-state index in [9.17, 15) is 9.90 Å². The predicted molar refractivity (Wildman–Crippen MR) is 81.6 cm³/mol. The summed E-state index contributed by atoms with van der Waals surface area (Å²) in [6.07, 6.45) is 4.65. The molecular formula is C13H20N4O3S. The van der Waals surface area contributed by atoms with Crippen LogP contribution in [0.25, 0.3) is 0 Å². The fraction of sp³-hybridized carbons (Fsp3) is 0.615. The van der Waals surface area contributed by atoms with E-state index < -0.39 is 5.91 Å². The molecule has 1 unspecified atom stereocenters. The molecule has 1 aromatic rings. The van der Waals surface area contributed by atoms with E-state index in [0.29, 0.717) is 18.7 Å². The van der Waals surface area contributed by atoms with Crippen LogP contribution >= 0.6 is 11.8 Å². The van der Waals surface area contributed by atoms with Crippen molar-refractivity contribution in [2.45, 2.75) is 38.8 Å². The Morgan fingerprint density at radius 1 is 1.62 bits per heavy atom. The lowest BCUT2D eigenvalue weighted by molar-refractivity contribution is -0.0408. The smallest absolute Gasteiger partial charge is 0.301 e. The minimum Gasteiger partial charge on any atom is -0.504 e. The summed E-state index contributed by atoms with van der Waals surface area (Å²) < 4.78 is 7.10. The van der Waals surface area contributed by atoms with Gasteiger partial charge in [-0.3, -0.25) is 4.79 Å². The van der Waals surface area contributed by atoms with Gasteiger partial charge in [-0.25, -0.2) is 4.68 Å². The van der Waals surface area contributed by atoms with Gasteiger partial charge >= 0.3 is 5.91 Å². The highest BCUT2D eigenvalue weighted by molar-refractivity contribution is 8.13. The Balaban J connectivity index is 2.42. The highest BCUT2D eigenvalue weighted by Crippen LogP contribution is 2.30. The van der Waals surface area contributed by atoms with Crippen molar-refractivity contribution >= 4 is 22.8 Å². The van der Waals surface area contributed by atoms with Crippen molar-refractivity contribution in [2.75, 3.05) is 12.9 Å². The minimum atomic E-state index is -0.597.